The number of thioether (sulfide) groups is 1. The van der Waals surface area contributed by atoms with Crippen LogP contribution in [-0.4, -0.2) is 46.9 Å². The second kappa shape index (κ2) is 9.19. The number of anilines is 1. The Kier molecular flexibility index (Phi) is 6.68. The molecule has 0 aromatic heterocycles. The van der Waals surface area contributed by atoms with Crippen molar-refractivity contribution in [3.05, 3.63) is 59.7 Å². The van der Waals surface area contributed by atoms with E-state index in [0.29, 0.717) is 24.4 Å². The topological polar surface area (TPSA) is 66.5 Å². The third kappa shape index (κ3) is 4.99. The first kappa shape index (κ1) is 19.6. The van der Waals surface area contributed by atoms with Gasteiger partial charge in [0.2, 0.25) is 5.91 Å². The second-order valence-corrected chi connectivity index (χ2v) is 8.81. The Morgan fingerprint density at radius 2 is 1.89 bits per heavy atom. The molecule has 0 fully saturated rings. The number of hydrogen-bond donors (Lipinski definition) is 1. The molecule has 1 aliphatic rings. The summed E-state index contributed by atoms with van der Waals surface area (Å²) in [6.45, 7) is 1.07. The smallest absolute Gasteiger partial charge is 0.252 e. The lowest BCUT2D eigenvalue weighted by Gasteiger charge is -2.17. The number of nitrogens with one attached hydrogen (secondary N) is 1. The predicted molar refractivity (Wildman–Crippen MR) is 111 cm³/mol. The zero-order valence-electron chi connectivity index (χ0n) is 15.1. The molecule has 0 radical (unpaired) electrons. The molecule has 3 rings (SSSR count). The average Bonchev–Trinajstić information content (AvgIpc) is 3.10. The van der Waals surface area contributed by atoms with Gasteiger partial charge in [-0.2, -0.15) is 0 Å². The minimum atomic E-state index is -0.943. The van der Waals surface area contributed by atoms with E-state index < -0.39 is 10.8 Å². The molecule has 1 heterocycles. The van der Waals surface area contributed by atoms with Gasteiger partial charge in [0.1, 0.15) is 0 Å². The summed E-state index contributed by atoms with van der Waals surface area (Å²) in [5.74, 6) is 0.537. The number of carbonyl (C=O) groups is 2. The van der Waals surface area contributed by atoms with Crippen molar-refractivity contribution in [1.29, 1.82) is 0 Å². The van der Waals surface area contributed by atoms with Crippen LogP contribution in [0.5, 0.6) is 0 Å². The standard InChI is InChI=1S/C20H22N2O3S2/c1-27(25)13-11-21-20(24)16-7-3-5-9-18(16)26-14-19(23)22-12-10-15-6-2-4-8-17(15)22/h2-9H,10-14H2,1H3,(H,21,24). The molecule has 2 aromatic rings. The fourth-order valence-electron chi connectivity index (χ4n) is 3.00. The van der Waals surface area contributed by atoms with Crippen LogP contribution in [0.4, 0.5) is 5.69 Å². The third-order valence-corrected chi connectivity index (χ3v) is 6.18. The first-order valence-corrected chi connectivity index (χ1v) is 11.5. The van der Waals surface area contributed by atoms with E-state index in [0.717, 1.165) is 17.0 Å². The van der Waals surface area contributed by atoms with Gasteiger partial charge < -0.3 is 10.2 Å². The lowest BCUT2D eigenvalue weighted by molar-refractivity contribution is -0.116. The van der Waals surface area contributed by atoms with Crippen LogP contribution in [0.25, 0.3) is 0 Å². The molecule has 1 unspecified atom stereocenters. The molecule has 27 heavy (non-hydrogen) atoms. The van der Waals surface area contributed by atoms with Crippen molar-refractivity contribution in [3.8, 4) is 0 Å². The van der Waals surface area contributed by atoms with E-state index in [9.17, 15) is 13.8 Å². The summed E-state index contributed by atoms with van der Waals surface area (Å²) in [7, 11) is -0.943. The summed E-state index contributed by atoms with van der Waals surface area (Å²) in [6.07, 6.45) is 2.49. The van der Waals surface area contributed by atoms with Crippen LogP contribution in [0.15, 0.2) is 53.4 Å². The number of rotatable bonds is 7. The van der Waals surface area contributed by atoms with E-state index in [4.69, 9.17) is 0 Å². The highest BCUT2D eigenvalue weighted by atomic mass is 32.2. The number of para-hydroxylation sites is 1. The molecular weight excluding hydrogens is 380 g/mol. The Hall–Kier alpha value is -2.12. The van der Waals surface area contributed by atoms with E-state index in [2.05, 4.69) is 11.4 Å². The molecule has 1 aliphatic heterocycles. The summed E-state index contributed by atoms with van der Waals surface area (Å²) in [6, 6.07) is 15.2. The zero-order valence-corrected chi connectivity index (χ0v) is 16.8. The number of hydrogen-bond acceptors (Lipinski definition) is 4. The fraction of sp³-hybridized carbons (Fsp3) is 0.300. The fourth-order valence-corrected chi connectivity index (χ4v) is 4.31. The molecule has 0 bridgehead atoms. The molecule has 5 nitrogen and oxygen atoms in total. The lowest BCUT2D eigenvalue weighted by Crippen LogP contribution is -2.30. The van der Waals surface area contributed by atoms with Crippen LogP contribution in [-0.2, 0) is 22.0 Å². The molecule has 1 atom stereocenters. The minimum absolute atomic E-state index is 0.0431. The van der Waals surface area contributed by atoms with E-state index >= 15 is 0 Å². The third-order valence-electron chi connectivity index (χ3n) is 4.35. The number of benzene rings is 2. The monoisotopic (exact) mass is 402 g/mol. The molecule has 142 valence electrons. The Bertz CT molecular complexity index is 870. The van der Waals surface area contributed by atoms with Crippen molar-refractivity contribution >= 4 is 40.1 Å². The van der Waals surface area contributed by atoms with Gasteiger partial charge in [0.25, 0.3) is 5.91 Å². The van der Waals surface area contributed by atoms with Gasteiger partial charge in [-0.25, -0.2) is 0 Å². The summed E-state index contributed by atoms with van der Waals surface area (Å²) in [5.41, 5.74) is 2.73. The van der Waals surface area contributed by atoms with E-state index in [-0.39, 0.29) is 17.6 Å². The van der Waals surface area contributed by atoms with Gasteiger partial charge in [-0.15, -0.1) is 11.8 Å². The Morgan fingerprint density at radius 3 is 2.70 bits per heavy atom. The maximum absolute atomic E-state index is 12.7. The van der Waals surface area contributed by atoms with Gasteiger partial charge in [-0.3, -0.25) is 13.8 Å². The molecule has 1 N–H and O–H groups in total. The van der Waals surface area contributed by atoms with Crippen molar-refractivity contribution in [1.82, 2.24) is 5.32 Å². The Morgan fingerprint density at radius 1 is 1.15 bits per heavy atom. The van der Waals surface area contributed by atoms with Crippen LogP contribution in [0.2, 0.25) is 0 Å². The van der Waals surface area contributed by atoms with E-state index in [1.165, 1.54) is 17.3 Å². The van der Waals surface area contributed by atoms with Crippen LogP contribution >= 0.6 is 11.8 Å². The van der Waals surface area contributed by atoms with Gasteiger partial charge in [0, 0.05) is 46.5 Å². The quantitative estimate of drug-likeness (QED) is 0.723. The summed E-state index contributed by atoms with van der Waals surface area (Å²) < 4.78 is 11.1. The largest absolute Gasteiger partial charge is 0.351 e. The van der Waals surface area contributed by atoms with Gasteiger partial charge in [-0.1, -0.05) is 30.3 Å². The Labute approximate surface area is 166 Å². The number of amides is 2. The second-order valence-electron chi connectivity index (χ2n) is 6.24. The van der Waals surface area contributed by atoms with Gasteiger partial charge in [0.05, 0.1) is 11.3 Å². The first-order chi connectivity index (χ1) is 13.1. The lowest BCUT2D eigenvalue weighted by atomic mass is 10.2. The number of carbonyl (C=O) groups excluding carboxylic acids is 2. The highest BCUT2D eigenvalue weighted by Gasteiger charge is 2.24. The zero-order chi connectivity index (χ0) is 19.2. The summed E-state index contributed by atoms with van der Waals surface area (Å²) in [4.78, 5) is 27.7. The molecule has 7 heteroatoms. The van der Waals surface area contributed by atoms with E-state index in [1.54, 1.807) is 18.4 Å². The van der Waals surface area contributed by atoms with Crippen molar-refractivity contribution in [2.75, 3.05) is 35.8 Å². The normalized spacial score (nSPS) is 13.9. The first-order valence-electron chi connectivity index (χ1n) is 8.74. The summed E-state index contributed by atoms with van der Waals surface area (Å²) >= 11 is 1.37. The Balaban J connectivity index is 1.62. The van der Waals surface area contributed by atoms with Crippen LogP contribution in [0.3, 0.4) is 0 Å². The van der Waals surface area contributed by atoms with E-state index in [1.807, 2.05) is 35.2 Å². The van der Waals surface area contributed by atoms with Crippen molar-refractivity contribution < 1.29 is 13.8 Å². The SMILES string of the molecule is CS(=O)CCNC(=O)c1ccccc1SCC(=O)N1CCc2ccccc21. The highest BCUT2D eigenvalue weighted by molar-refractivity contribution is 8.00. The van der Waals surface area contributed by atoms with Crippen LogP contribution in [0, 0.1) is 0 Å². The molecule has 0 saturated carbocycles. The van der Waals surface area contributed by atoms with Crippen LogP contribution in [0.1, 0.15) is 15.9 Å². The molecule has 2 aromatic carbocycles. The predicted octanol–water partition coefficient (Wildman–Crippen LogP) is 2.48. The number of nitrogens with zero attached hydrogens (tertiary/aromatic N) is 1. The van der Waals surface area contributed by atoms with Crippen LogP contribution < -0.4 is 10.2 Å². The van der Waals surface area contributed by atoms with Gasteiger partial charge >= 0.3 is 0 Å². The van der Waals surface area contributed by atoms with Gasteiger partial charge in [0.15, 0.2) is 0 Å². The molecule has 2 amide bonds. The summed E-state index contributed by atoms with van der Waals surface area (Å²) in [5, 5.41) is 2.79. The average molecular weight is 403 g/mol. The molecule has 0 saturated heterocycles. The van der Waals surface area contributed by atoms with Crippen molar-refractivity contribution in [3.63, 3.8) is 0 Å². The number of fused-ring (bicyclic) bond motifs is 1. The maximum atomic E-state index is 12.7. The minimum Gasteiger partial charge on any atom is -0.351 e. The highest BCUT2D eigenvalue weighted by Crippen LogP contribution is 2.29. The maximum Gasteiger partial charge on any atom is 0.252 e. The van der Waals surface area contributed by atoms with Crippen molar-refractivity contribution in [2.24, 2.45) is 0 Å². The molecule has 0 aliphatic carbocycles. The molecular formula is C20H22N2O3S2. The van der Waals surface area contributed by atoms with Gasteiger partial charge in [-0.05, 0) is 30.2 Å². The molecule has 0 spiro atoms. The van der Waals surface area contributed by atoms with Crippen molar-refractivity contribution in [2.45, 2.75) is 11.3 Å².